The van der Waals surface area contributed by atoms with Gasteiger partial charge in [0.25, 0.3) is 5.91 Å². The molecule has 0 unspecified atom stereocenters. The lowest BCUT2D eigenvalue weighted by atomic mass is 10.2. The third kappa shape index (κ3) is 5.38. The minimum Gasteiger partial charge on any atom is -0.272 e. The zero-order valence-corrected chi connectivity index (χ0v) is 15.4. The molecule has 1 amide bonds. The second-order valence-electron chi connectivity index (χ2n) is 5.42. The molecule has 132 valence electrons. The number of rotatable bonds is 6. The maximum atomic E-state index is 12.4. The highest BCUT2D eigenvalue weighted by Gasteiger charge is 2.22. The highest BCUT2D eigenvalue weighted by molar-refractivity contribution is 7.89. The molecule has 2 aromatic carbocycles. The van der Waals surface area contributed by atoms with Crippen molar-refractivity contribution in [1.29, 1.82) is 0 Å². The summed E-state index contributed by atoms with van der Waals surface area (Å²) in [6, 6.07) is 13.3. The molecule has 25 heavy (non-hydrogen) atoms. The zero-order chi connectivity index (χ0) is 18.4. The van der Waals surface area contributed by atoms with Crippen LogP contribution in [0.15, 0.2) is 58.5 Å². The van der Waals surface area contributed by atoms with E-state index in [0.29, 0.717) is 5.02 Å². The first-order valence-electron chi connectivity index (χ1n) is 7.39. The molecule has 0 heterocycles. The van der Waals surface area contributed by atoms with E-state index in [9.17, 15) is 13.2 Å². The monoisotopic (exact) mass is 379 g/mol. The molecule has 8 heteroatoms. The van der Waals surface area contributed by atoms with Crippen LogP contribution in [0.1, 0.15) is 11.1 Å². The largest absolute Gasteiger partial charge is 0.272 e. The number of nitrogens with zero attached hydrogens (tertiary/aromatic N) is 2. The normalized spacial score (nSPS) is 11.8. The van der Waals surface area contributed by atoms with Crippen LogP contribution in [0.25, 0.3) is 0 Å². The predicted molar refractivity (Wildman–Crippen MR) is 98.2 cm³/mol. The van der Waals surface area contributed by atoms with E-state index < -0.39 is 15.9 Å². The van der Waals surface area contributed by atoms with Crippen molar-refractivity contribution >= 4 is 33.7 Å². The van der Waals surface area contributed by atoms with Gasteiger partial charge in [0.05, 0.1) is 17.7 Å². The fourth-order valence-corrected chi connectivity index (χ4v) is 3.19. The van der Waals surface area contributed by atoms with Gasteiger partial charge in [-0.15, -0.1) is 0 Å². The van der Waals surface area contributed by atoms with E-state index in [4.69, 9.17) is 11.6 Å². The van der Waals surface area contributed by atoms with Crippen molar-refractivity contribution in [3.63, 3.8) is 0 Å². The Morgan fingerprint density at radius 1 is 1.16 bits per heavy atom. The van der Waals surface area contributed by atoms with Gasteiger partial charge in [-0.1, -0.05) is 41.4 Å². The first kappa shape index (κ1) is 19.1. The number of likely N-dealkylation sites (N-methyl/N-ethyl adjacent to an activating group) is 1. The summed E-state index contributed by atoms with van der Waals surface area (Å²) >= 11 is 5.78. The summed E-state index contributed by atoms with van der Waals surface area (Å²) in [5, 5.41) is 4.40. The summed E-state index contributed by atoms with van der Waals surface area (Å²) in [6.45, 7) is 1.53. The van der Waals surface area contributed by atoms with Gasteiger partial charge in [-0.05, 0) is 36.8 Å². The lowest BCUT2D eigenvalue weighted by molar-refractivity contribution is -0.121. The maximum Gasteiger partial charge on any atom is 0.255 e. The van der Waals surface area contributed by atoms with E-state index in [0.717, 1.165) is 15.4 Å². The van der Waals surface area contributed by atoms with E-state index in [1.807, 2.05) is 6.92 Å². The van der Waals surface area contributed by atoms with Crippen LogP contribution in [-0.4, -0.2) is 38.4 Å². The lowest BCUT2D eigenvalue weighted by Crippen LogP contribution is -2.36. The average molecular weight is 380 g/mol. The van der Waals surface area contributed by atoms with E-state index >= 15 is 0 Å². The fraction of sp³-hybridized carbons (Fsp3) is 0.176. The SMILES string of the molecule is Cc1ccc(S(=O)(=O)N(C)CC(=O)N/N=C/c2ccc(Cl)cc2)cc1. The Morgan fingerprint density at radius 3 is 2.36 bits per heavy atom. The number of sulfonamides is 1. The Bertz CT molecular complexity index is 863. The highest BCUT2D eigenvalue weighted by Crippen LogP contribution is 2.14. The third-order valence-electron chi connectivity index (χ3n) is 3.37. The van der Waals surface area contributed by atoms with Crippen molar-refractivity contribution in [3.05, 3.63) is 64.7 Å². The molecule has 0 spiro atoms. The molecular formula is C17H18ClN3O3S. The van der Waals surface area contributed by atoms with E-state index in [2.05, 4.69) is 10.5 Å². The van der Waals surface area contributed by atoms with Crippen molar-refractivity contribution in [1.82, 2.24) is 9.73 Å². The van der Waals surface area contributed by atoms with Crippen LogP contribution in [0.2, 0.25) is 5.02 Å². The Hall–Kier alpha value is -2.22. The number of aryl methyl sites for hydroxylation is 1. The molecular weight excluding hydrogens is 362 g/mol. The van der Waals surface area contributed by atoms with Crippen molar-refractivity contribution in [2.24, 2.45) is 5.10 Å². The first-order chi connectivity index (χ1) is 11.8. The van der Waals surface area contributed by atoms with Gasteiger partial charge in [0.2, 0.25) is 10.0 Å². The van der Waals surface area contributed by atoms with Crippen LogP contribution in [-0.2, 0) is 14.8 Å². The number of carbonyl (C=O) groups is 1. The van der Waals surface area contributed by atoms with Crippen LogP contribution in [0.5, 0.6) is 0 Å². The number of hydrazone groups is 1. The van der Waals surface area contributed by atoms with Crippen LogP contribution in [0, 0.1) is 6.92 Å². The molecule has 0 aliphatic heterocycles. The Morgan fingerprint density at radius 2 is 1.76 bits per heavy atom. The van der Waals surface area contributed by atoms with Crippen LogP contribution in [0.4, 0.5) is 0 Å². The van der Waals surface area contributed by atoms with Gasteiger partial charge in [0, 0.05) is 12.1 Å². The van der Waals surface area contributed by atoms with E-state index in [1.54, 1.807) is 36.4 Å². The lowest BCUT2D eigenvalue weighted by Gasteiger charge is -2.16. The molecule has 6 nitrogen and oxygen atoms in total. The maximum absolute atomic E-state index is 12.4. The van der Waals surface area contributed by atoms with Crippen molar-refractivity contribution in [2.75, 3.05) is 13.6 Å². The van der Waals surface area contributed by atoms with Gasteiger partial charge in [-0.2, -0.15) is 9.41 Å². The van der Waals surface area contributed by atoms with Gasteiger partial charge < -0.3 is 0 Å². The molecule has 1 N–H and O–H groups in total. The van der Waals surface area contributed by atoms with Gasteiger partial charge in [0.15, 0.2) is 0 Å². The average Bonchev–Trinajstić information content (AvgIpc) is 2.57. The summed E-state index contributed by atoms with van der Waals surface area (Å²) in [4.78, 5) is 12.0. The number of hydrogen-bond donors (Lipinski definition) is 1. The molecule has 0 atom stereocenters. The fourth-order valence-electron chi connectivity index (χ4n) is 1.94. The first-order valence-corrected chi connectivity index (χ1v) is 9.21. The van der Waals surface area contributed by atoms with Crippen molar-refractivity contribution in [3.8, 4) is 0 Å². The van der Waals surface area contributed by atoms with Gasteiger partial charge in [-0.25, -0.2) is 13.8 Å². The molecule has 2 rings (SSSR count). The van der Waals surface area contributed by atoms with E-state index in [-0.39, 0.29) is 11.4 Å². The minimum atomic E-state index is -3.73. The molecule has 2 aromatic rings. The topological polar surface area (TPSA) is 78.8 Å². The second-order valence-corrected chi connectivity index (χ2v) is 7.90. The molecule has 0 bridgehead atoms. The van der Waals surface area contributed by atoms with Gasteiger partial charge >= 0.3 is 0 Å². The summed E-state index contributed by atoms with van der Waals surface area (Å²) in [5.74, 6) is -0.539. The van der Waals surface area contributed by atoms with Crippen molar-refractivity contribution in [2.45, 2.75) is 11.8 Å². The summed E-state index contributed by atoms with van der Waals surface area (Å²) in [5.41, 5.74) is 4.01. The number of amides is 1. The number of halogens is 1. The number of hydrogen-bond acceptors (Lipinski definition) is 4. The number of nitrogens with one attached hydrogen (secondary N) is 1. The van der Waals surface area contributed by atoms with Crippen LogP contribution < -0.4 is 5.43 Å². The third-order valence-corrected chi connectivity index (χ3v) is 5.44. The smallest absolute Gasteiger partial charge is 0.255 e. The van der Waals surface area contributed by atoms with E-state index in [1.165, 1.54) is 25.4 Å². The standard InChI is InChI=1S/C17H18ClN3O3S/c1-13-3-9-16(10-4-13)25(23,24)21(2)12-17(22)20-19-11-14-5-7-15(18)8-6-14/h3-11H,12H2,1-2H3,(H,20,22)/b19-11+. The van der Waals surface area contributed by atoms with Crippen molar-refractivity contribution < 1.29 is 13.2 Å². The highest BCUT2D eigenvalue weighted by atomic mass is 35.5. The molecule has 0 saturated carbocycles. The molecule has 0 aliphatic carbocycles. The molecule has 0 radical (unpaired) electrons. The predicted octanol–water partition coefficient (Wildman–Crippen LogP) is 2.42. The summed E-state index contributed by atoms with van der Waals surface area (Å²) in [7, 11) is -2.38. The summed E-state index contributed by atoms with van der Waals surface area (Å²) in [6.07, 6.45) is 1.45. The Kier molecular flexibility index (Phi) is 6.30. The second kappa shape index (κ2) is 8.24. The quantitative estimate of drug-likeness (QED) is 0.618. The number of carbonyl (C=O) groups excluding carboxylic acids is 1. The van der Waals surface area contributed by atoms with Crippen LogP contribution >= 0.6 is 11.6 Å². The molecule has 0 fully saturated rings. The van der Waals surface area contributed by atoms with Crippen LogP contribution in [0.3, 0.4) is 0 Å². The minimum absolute atomic E-state index is 0.137. The number of benzene rings is 2. The summed E-state index contributed by atoms with van der Waals surface area (Å²) < 4.78 is 25.8. The Balaban J connectivity index is 1.95. The molecule has 0 aliphatic rings. The molecule has 0 aromatic heterocycles. The van der Waals surface area contributed by atoms with Gasteiger partial charge in [-0.3, -0.25) is 4.79 Å². The molecule has 0 saturated heterocycles. The Labute approximate surface area is 152 Å². The van der Waals surface area contributed by atoms with Gasteiger partial charge in [0.1, 0.15) is 0 Å². The zero-order valence-electron chi connectivity index (χ0n) is 13.8.